The molecule has 0 aromatic heterocycles. The van der Waals surface area contributed by atoms with Gasteiger partial charge in [-0.05, 0) is 68.2 Å². The van der Waals surface area contributed by atoms with E-state index in [9.17, 15) is 24.6 Å². The van der Waals surface area contributed by atoms with E-state index in [1.807, 2.05) is 13.8 Å². The van der Waals surface area contributed by atoms with Crippen LogP contribution in [-0.4, -0.2) is 39.3 Å². The van der Waals surface area contributed by atoms with Crippen LogP contribution in [0.25, 0.3) is 0 Å². The summed E-state index contributed by atoms with van der Waals surface area (Å²) in [7, 11) is 0. The van der Waals surface area contributed by atoms with Gasteiger partial charge in [0.05, 0.1) is 18.3 Å². The summed E-state index contributed by atoms with van der Waals surface area (Å²) in [6.07, 6.45) is 12.1. The number of fused-ring (bicyclic) bond motifs is 1. The highest BCUT2D eigenvalue weighted by molar-refractivity contribution is 6.02. The third-order valence-electron chi connectivity index (χ3n) is 8.05. The van der Waals surface area contributed by atoms with Crippen LogP contribution in [0.1, 0.15) is 73.6 Å². The molecule has 0 aromatic carbocycles. The Hall–Kier alpha value is -2.57. The highest BCUT2D eigenvalue weighted by Crippen LogP contribution is 2.43. The Bertz CT molecular complexity index is 1070. The lowest BCUT2D eigenvalue weighted by molar-refractivity contribution is -0.136. The number of aliphatic hydroxyl groups excluding tert-OH is 1. The van der Waals surface area contributed by atoms with E-state index in [-0.39, 0.29) is 30.3 Å². The van der Waals surface area contributed by atoms with Crippen molar-refractivity contribution in [3.63, 3.8) is 0 Å². The van der Waals surface area contributed by atoms with Crippen LogP contribution in [-0.2, 0) is 19.1 Å². The van der Waals surface area contributed by atoms with Gasteiger partial charge in [-0.25, -0.2) is 0 Å². The lowest BCUT2D eigenvalue weighted by Crippen LogP contribution is -2.47. The zero-order chi connectivity index (χ0) is 27.5. The first-order chi connectivity index (χ1) is 17.3. The number of aliphatic hydroxyl groups is 2. The minimum atomic E-state index is -1.75. The van der Waals surface area contributed by atoms with Gasteiger partial charge >= 0.3 is 0 Å². The molecule has 3 aliphatic rings. The highest BCUT2D eigenvalue weighted by atomic mass is 16.5. The van der Waals surface area contributed by atoms with Crippen LogP contribution in [0.4, 0.5) is 0 Å². The van der Waals surface area contributed by atoms with Gasteiger partial charge in [0.2, 0.25) is 0 Å². The van der Waals surface area contributed by atoms with Gasteiger partial charge in [0.15, 0.2) is 11.6 Å². The number of allylic oxidation sites excluding steroid dienone is 7. The second-order valence-corrected chi connectivity index (χ2v) is 11.6. The van der Waals surface area contributed by atoms with Crippen LogP contribution >= 0.6 is 0 Å². The molecule has 2 aliphatic carbocycles. The summed E-state index contributed by atoms with van der Waals surface area (Å²) < 4.78 is 5.88. The highest BCUT2D eigenvalue weighted by Gasteiger charge is 2.47. The molecule has 6 nitrogen and oxygen atoms in total. The van der Waals surface area contributed by atoms with Gasteiger partial charge in [0.25, 0.3) is 0 Å². The van der Waals surface area contributed by atoms with Gasteiger partial charge in [0, 0.05) is 24.3 Å². The minimum absolute atomic E-state index is 0.0500. The second kappa shape index (κ2) is 11.9. The van der Waals surface area contributed by atoms with Crippen molar-refractivity contribution in [3.05, 3.63) is 59.1 Å². The Morgan fingerprint density at radius 2 is 1.95 bits per heavy atom. The monoisotopic (exact) mass is 510 g/mol. The maximum Gasteiger partial charge on any atom is 0.188 e. The molecular formula is C31H42O6. The van der Waals surface area contributed by atoms with E-state index in [4.69, 9.17) is 4.74 Å². The topological polar surface area (TPSA) is 101 Å². The average molecular weight is 511 g/mol. The smallest absolute Gasteiger partial charge is 0.188 e. The predicted octanol–water partition coefficient (Wildman–Crippen LogP) is 5.17. The number of ketones is 3. The van der Waals surface area contributed by atoms with E-state index >= 15 is 0 Å². The fourth-order valence-electron chi connectivity index (χ4n) is 5.74. The maximum atomic E-state index is 12.9. The summed E-state index contributed by atoms with van der Waals surface area (Å²) in [5.74, 6) is -0.656. The number of ether oxygens (including phenoxy) is 1. The molecule has 1 aliphatic heterocycles. The van der Waals surface area contributed by atoms with Gasteiger partial charge in [0.1, 0.15) is 17.1 Å². The Labute approximate surface area is 220 Å². The van der Waals surface area contributed by atoms with E-state index in [1.54, 1.807) is 12.2 Å². The van der Waals surface area contributed by atoms with E-state index in [1.165, 1.54) is 25.3 Å². The molecule has 0 saturated heterocycles. The molecule has 6 heteroatoms. The molecule has 2 N–H and O–H groups in total. The Kier molecular flexibility index (Phi) is 9.30. The number of hydrogen-bond donors (Lipinski definition) is 2. The van der Waals surface area contributed by atoms with Crippen LogP contribution in [0.2, 0.25) is 0 Å². The predicted molar refractivity (Wildman–Crippen MR) is 143 cm³/mol. The van der Waals surface area contributed by atoms with Crippen LogP contribution in [0.5, 0.6) is 0 Å². The van der Waals surface area contributed by atoms with E-state index in [0.29, 0.717) is 35.2 Å². The summed E-state index contributed by atoms with van der Waals surface area (Å²) in [5.41, 5.74) is 0.378. The number of rotatable bonds is 9. The van der Waals surface area contributed by atoms with E-state index < -0.39 is 29.3 Å². The minimum Gasteiger partial charge on any atom is -0.468 e. The molecular weight excluding hydrogens is 468 g/mol. The molecule has 3 rings (SSSR count). The molecule has 0 radical (unpaired) electrons. The third-order valence-corrected chi connectivity index (χ3v) is 8.05. The van der Waals surface area contributed by atoms with Crippen LogP contribution in [0.15, 0.2) is 59.1 Å². The SMILES string of the molecule is CC[C@H](C)C[C@H](C)/C=C(C)/C=C/C(=O)C[C@H]1C2=COC([C@H]3C(=O)C[C@H](O)C[C@@H]3C)=CC2=CC(=O)[C@]1(C)O. The van der Waals surface area contributed by atoms with Gasteiger partial charge in [-0.15, -0.1) is 0 Å². The van der Waals surface area contributed by atoms with Crippen LogP contribution in [0, 0.1) is 29.6 Å². The normalized spacial score (nSPS) is 32.2. The molecule has 0 bridgehead atoms. The lowest BCUT2D eigenvalue weighted by atomic mass is 9.69. The molecule has 0 amide bonds. The Morgan fingerprint density at radius 3 is 2.59 bits per heavy atom. The summed E-state index contributed by atoms with van der Waals surface area (Å²) >= 11 is 0. The molecule has 1 fully saturated rings. The second-order valence-electron chi connectivity index (χ2n) is 11.6. The first kappa shape index (κ1) is 29.0. The quantitative estimate of drug-likeness (QED) is 0.328. The molecule has 37 heavy (non-hydrogen) atoms. The summed E-state index contributed by atoms with van der Waals surface area (Å²) in [6, 6.07) is 0. The average Bonchev–Trinajstić information content (AvgIpc) is 2.80. The fourth-order valence-corrected chi connectivity index (χ4v) is 5.74. The van der Waals surface area contributed by atoms with Crippen molar-refractivity contribution in [2.24, 2.45) is 29.6 Å². The molecule has 0 spiro atoms. The molecule has 1 heterocycles. The van der Waals surface area contributed by atoms with Crippen molar-refractivity contribution in [3.8, 4) is 0 Å². The zero-order valence-electron chi connectivity index (χ0n) is 23.0. The fraction of sp³-hybridized carbons (Fsp3) is 0.581. The molecule has 202 valence electrons. The van der Waals surface area contributed by atoms with Gasteiger partial charge in [-0.3, -0.25) is 14.4 Å². The van der Waals surface area contributed by atoms with Crippen LogP contribution in [0.3, 0.4) is 0 Å². The Balaban J connectivity index is 1.76. The van der Waals surface area contributed by atoms with Crippen molar-refractivity contribution in [2.75, 3.05) is 0 Å². The molecule has 7 atom stereocenters. The Morgan fingerprint density at radius 1 is 1.24 bits per heavy atom. The lowest BCUT2D eigenvalue weighted by Gasteiger charge is -2.39. The van der Waals surface area contributed by atoms with Crippen molar-refractivity contribution in [1.82, 2.24) is 0 Å². The largest absolute Gasteiger partial charge is 0.468 e. The summed E-state index contributed by atoms with van der Waals surface area (Å²) in [5, 5.41) is 21.0. The number of Topliss-reactive ketones (excluding diaryl/α,β-unsaturated/α-hetero) is 1. The van der Waals surface area contributed by atoms with E-state index in [2.05, 4.69) is 26.8 Å². The van der Waals surface area contributed by atoms with Gasteiger partial charge in [-0.2, -0.15) is 0 Å². The maximum absolute atomic E-state index is 12.9. The first-order valence-electron chi connectivity index (χ1n) is 13.5. The standard InChI is InChI=1S/C31H42O6/c1-7-18(2)10-20(4)11-19(3)8-9-23(32)15-26-25-17-37-28(13-22(25)14-29(35)31(26,6)36)30-21(5)12-24(33)16-27(30)34/h8-9,11,13-14,17-18,20-21,24,26,30,33,36H,7,10,12,15-16H2,1-6H3/b9-8+,19-11+/t18-,20-,21-,24+,26-,30+,31+/m0/s1. The summed E-state index contributed by atoms with van der Waals surface area (Å²) in [4.78, 5) is 38.4. The number of carbonyl (C=O) groups excluding carboxylic acids is 3. The summed E-state index contributed by atoms with van der Waals surface area (Å²) in [6.45, 7) is 11.9. The van der Waals surface area contributed by atoms with E-state index in [0.717, 1.165) is 18.4 Å². The van der Waals surface area contributed by atoms with Crippen molar-refractivity contribution < 1.29 is 29.3 Å². The van der Waals surface area contributed by atoms with Crippen molar-refractivity contribution in [2.45, 2.75) is 85.4 Å². The third kappa shape index (κ3) is 6.85. The molecule has 0 unspecified atom stereocenters. The number of carbonyl (C=O) groups is 3. The first-order valence-corrected chi connectivity index (χ1v) is 13.5. The van der Waals surface area contributed by atoms with Gasteiger partial charge in [-0.1, -0.05) is 51.8 Å². The van der Waals surface area contributed by atoms with Crippen molar-refractivity contribution in [1.29, 1.82) is 0 Å². The van der Waals surface area contributed by atoms with Gasteiger partial charge < -0.3 is 14.9 Å². The zero-order valence-corrected chi connectivity index (χ0v) is 23.0. The number of hydrogen-bond acceptors (Lipinski definition) is 6. The molecule has 1 saturated carbocycles. The van der Waals surface area contributed by atoms with Crippen molar-refractivity contribution >= 4 is 17.3 Å². The van der Waals surface area contributed by atoms with Crippen LogP contribution < -0.4 is 0 Å². The molecule has 0 aromatic rings.